The average Bonchev–Trinajstić information content (AvgIpc) is 2.52. The molecule has 1 aromatic heterocycles. The number of carbonyl (C=O) groups is 1. The highest BCUT2D eigenvalue weighted by atomic mass is 16.7. The van der Waals surface area contributed by atoms with Gasteiger partial charge >= 0.3 is 11.6 Å². The van der Waals surface area contributed by atoms with Crippen molar-refractivity contribution in [3.05, 3.63) is 71.0 Å². The van der Waals surface area contributed by atoms with Crippen LogP contribution in [0.4, 0.5) is 0 Å². The molecule has 0 aliphatic heterocycles. The van der Waals surface area contributed by atoms with E-state index >= 15 is 0 Å². The fourth-order valence-corrected chi connectivity index (χ4v) is 1.89. The van der Waals surface area contributed by atoms with Gasteiger partial charge in [0.1, 0.15) is 0 Å². The predicted octanol–water partition coefficient (Wildman–Crippen LogP) is 0.418. The second kappa shape index (κ2) is 5.04. The monoisotopic (exact) mass is 282 g/mol. The minimum Gasteiger partial charge on any atom is -0.594 e. The third kappa shape index (κ3) is 2.32. The van der Waals surface area contributed by atoms with E-state index in [9.17, 15) is 10.0 Å². The highest BCUT2D eigenvalue weighted by Gasteiger charge is 2.15. The minimum atomic E-state index is -0.635. The molecule has 1 N–H and O–H groups in total. The van der Waals surface area contributed by atoms with Crippen molar-refractivity contribution in [1.82, 2.24) is 9.83 Å². The van der Waals surface area contributed by atoms with Gasteiger partial charge in [-0.1, -0.05) is 30.3 Å². The van der Waals surface area contributed by atoms with Crippen LogP contribution in [-0.4, -0.2) is 15.8 Å². The van der Waals surface area contributed by atoms with Crippen molar-refractivity contribution in [2.75, 3.05) is 0 Å². The molecule has 0 radical (unpaired) electrons. The van der Waals surface area contributed by atoms with E-state index in [1.54, 1.807) is 48.5 Å². The lowest BCUT2D eigenvalue weighted by atomic mass is 10.2. The summed E-state index contributed by atoms with van der Waals surface area (Å²) in [5.41, 5.74) is 0.367. The zero-order chi connectivity index (χ0) is 14.8. The Morgan fingerprint density at radius 3 is 2.57 bits per heavy atom. The standard InChI is InChI=1S/C14H10N4O3/c15-14-16-18(20)12-9-5-4-8-11(12)17(14)21-13(19)10-6-2-1-3-7-10/h1-9,15H. The summed E-state index contributed by atoms with van der Waals surface area (Å²) in [7, 11) is 0. The maximum absolute atomic E-state index is 12.1. The molecular weight excluding hydrogens is 272 g/mol. The van der Waals surface area contributed by atoms with Crippen LogP contribution in [-0.2, 0) is 0 Å². The van der Waals surface area contributed by atoms with Crippen LogP contribution < -0.4 is 15.3 Å². The van der Waals surface area contributed by atoms with Gasteiger partial charge in [0.2, 0.25) is 0 Å². The molecule has 0 spiro atoms. The SMILES string of the molecule is N=c1n[n+]([O-])c2ccccc2n1OC(=O)c1ccccc1. The third-order valence-corrected chi connectivity index (χ3v) is 2.87. The van der Waals surface area contributed by atoms with E-state index in [4.69, 9.17) is 10.2 Å². The summed E-state index contributed by atoms with van der Waals surface area (Å²) in [6.45, 7) is 0. The fourth-order valence-electron chi connectivity index (χ4n) is 1.89. The van der Waals surface area contributed by atoms with Crippen molar-refractivity contribution < 1.29 is 14.5 Å². The third-order valence-electron chi connectivity index (χ3n) is 2.87. The van der Waals surface area contributed by atoms with Crippen LogP contribution in [0.5, 0.6) is 0 Å². The summed E-state index contributed by atoms with van der Waals surface area (Å²) in [5, 5.41) is 22.8. The average molecular weight is 282 g/mol. The van der Waals surface area contributed by atoms with Crippen LogP contribution in [0.2, 0.25) is 0 Å². The number of benzene rings is 2. The summed E-state index contributed by atoms with van der Waals surface area (Å²) in [6, 6.07) is 14.8. The van der Waals surface area contributed by atoms with Gasteiger partial charge in [0.05, 0.1) is 10.7 Å². The first-order valence-corrected chi connectivity index (χ1v) is 6.11. The molecule has 0 aliphatic carbocycles. The molecule has 0 atom stereocenters. The first kappa shape index (κ1) is 12.8. The van der Waals surface area contributed by atoms with E-state index in [0.717, 1.165) is 4.73 Å². The molecule has 0 aliphatic rings. The van der Waals surface area contributed by atoms with Gasteiger partial charge in [-0.15, -0.1) is 4.73 Å². The molecule has 0 saturated carbocycles. The second-order valence-corrected chi connectivity index (χ2v) is 4.22. The van der Waals surface area contributed by atoms with Gasteiger partial charge in [0.15, 0.2) is 5.52 Å². The number of nitrogens with one attached hydrogen (secondary N) is 1. The van der Waals surface area contributed by atoms with Crippen LogP contribution in [0.25, 0.3) is 11.0 Å². The number of para-hydroxylation sites is 2. The Bertz CT molecular complexity index is 874. The Morgan fingerprint density at radius 1 is 1.14 bits per heavy atom. The van der Waals surface area contributed by atoms with Crippen LogP contribution in [0.3, 0.4) is 0 Å². The number of fused-ring (bicyclic) bond motifs is 1. The van der Waals surface area contributed by atoms with E-state index in [0.29, 0.717) is 10.4 Å². The highest BCUT2D eigenvalue weighted by molar-refractivity contribution is 5.89. The molecule has 0 saturated heterocycles. The van der Waals surface area contributed by atoms with Gasteiger partial charge in [-0.25, -0.2) is 4.79 Å². The van der Waals surface area contributed by atoms with E-state index < -0.39 is 11.6 Å². The van der Waals surface area contributed by atoms with E-state index in [1.807, 2.05) is 0 Å². The number of hydrogen-bond acceptors (Lipinski definition) is 5. The predicted molar refractivity (Wildman–Crippen MR) is 71.9 cm³/mol. The zero-order valence-corrected chi connectivity index (χ0v) is 10.8. The molecule has 104 valence electrons. The Labute approximate surface area is 118 Å². The van der Waals surface area contributed by atoms with Crippen molar-refractivity contribution in [1.29, 1.82) is 5.41 Å². The molecule has 0 bridgehead atoms. The number of nitrogens with zero attached hydrogens (tertiary/aromatic N) is 3. The molecule has 7 heteroatoms. The van der Waals surface area contributed by atoms with Crippen molar-refractivity contribution in [3.8, 4) is 0 Å². The second-order valence-electron chi connectivity index (χ2n) is 4.22. The smallest absolute Gasteiger partial charge is 0.363 e. The largest absolute Gasteiger partial charge is 0.594 e. The summed E-state index contributed by atoms with van der Waals surface area (Å²) in [4.78, 5) is 17.6. The molecule has 2 aromatic carbocycles. The van der Waals surface area contributed by atoms with E-state index in [2.05, 4.69) is 5.10 Å². The Balaban J connectivity index is 2.09. The molecule has 0 amide bonds. The maximum atomic E-state index is 12.1. The van der Waals surface area contributed by atoms with Crippen molar-refractivity contribution in [2.45, 2.75) is 0 Å². The first-order valence-electron chi connectivity index (χ1n) is 6.11. The number of hydrogen-bond donors (Lipinski definition) is 1. The van der Waals surface area contributed by atoms with Crippen LogP contribution in [0, 0.1) is 10.6 Å². The van der Waals surface area contributed by atoms with Crippen LogP contribution in [0.15, 0.2) is 54.6 Å². The molecular formula is C14H10N4O3. The van der Waals surface area contributed by atoms with Gasteiger partial charge < -0.3 is 10.0 Å². The molecule has 3 rings (SSSR count). The normalized spacial score (nSPS) is 10.5. The summed E-state index contributed by atoms with van der Waals surface area (Å²) >= 11 is 0. The quantitative estimate of drug-likeness (QED) is 0.544. The molecule has 21 heavy (non-hydrogen) atoms. The Hall–Kier alpha value is -3.22. The van der Waals surface area contributed by atoms with E-state index in [-0.39, 0.29) is 11.0 Å². The van der Waals surface area contributed by atoms with Gasteiger partial charge in [0.25, 0.3) is 5.52 Å². The number of aromatic nitrogens is 3. The van der Waals surface area contributed by atoms with Gasteiger partial charge in [-0.3, -0.25) is 5.41 Å². The summed E-state index contributed by atoms with van der Waals surface area (Å²) < 4.78 is 0.930. The summed E-state index contributed by atoms with van der Waals surface area (Å²) in [6.07, 6.45) is 0. The van der Waals surface area contributed by atoms with Crippen molar-refractivity contribution in [3.63, 3.8) is 0 Å². The maximum Gasteiger partial charge on any atom is 0.363 e. The lowest BCUT2D eigenvalue weighted by Gasteiger charge is -2.09. The molecule has 1 heterocycles. The first-order chi connectivity index (χ1) is 10.2. The summed E-state index contributed by atoms with van der Waals surface area (Å²) in [5.74, 6) is -0.635. The Kier molecular flexibility index (Phi) is 3.07. The molecule has 0 fully saturated rings. The van der Waals surface area contributed by atoms with E-state index in [1.165, 1.54) is 6.07 Å². The zero-order valence-electron chi connectivity index (χ0n) is 10.8. The minimum absolute atomic E-state index is 0.203. The number of rotatable bonds is 2. The van der Waals surface area contributed by atoms with Crippen molar-refractivity contribution in [2.24, 2.45) is 0 Å². The topological polar surface area (TPSA) is 94.9 Å². The van der Waals surface area contributed by atoms with Gasteiger partial charge in [0, 0.05) is 6.07 Å². The molecule has 3 aromatic rings. The van der Waals surface area contributed by atoms with Gasteiger partial charge in [-0.05, 0) is 23.0 Å². The van der Waals surface area contributed by atoms with Crippen molar-refractivity contribution >= 4 is 17.0 Å². The van der Waals surface area contributed by atoms with Gasteiger partial charge in [-0.2, -0.15) is 0 Å². The molecule has 0 unspecified atom stereocenters. The van der Waals surface area contributed by atoms with Crippen LogP contribution in [0.1, 0.15) is 10.4 Å². The van der Waals surface area contributed by atoms with Crippen LogP contribution >= 0.6 is 0 Å². The Morgan fingerprint density at radius 2 is 1.81 bits per heavy atom. The lowest BCUT2D eigenvalue weighted by Crippen LogP contribution is -2.45. The lowest BCUT2D eigenvalue weighted by molar-refractivity contribution is -0.645. The fraction of sp³-hybridized carbons (Fsp3) is 0. The number of carbonyl (C=O) groups excluding carboxylic acids is 1. The highest BCUT2D eigenvalue weighted by Crippen LogP contribution is 2.06. The molecule has 7 nitrogen and oxygen atoms in total.